The fourth-order valence-corrected chi connectivity index (χ4v) is 5.54. The van der Waals surface area contributed by atoms with Crippen LogP contribution in [0.4, 0.5) is 0 Å². The average Bonchev–Trinajstić information content (AvgIpc) is 3.18. The summed E-state index contributed by atoms with van der Waals surface area (Å²) in [6.45, 7) is 11.7. The lowest BCUT2D eigenvalue weighted by molar-refractivity contribution is -0.121. The molecule has 2 aliphatic rings. The van der Waals surface area contributed by atoms with E-state index < -0.39 is 5.41 Å². The van der Waals surface area contributed by atoms with Crippen molar-refractivity contribution < 1.29 is 4.79 Å². The Balaban J connectivity index is 1.82. The molecule has 154 valence electrons. The molecule has 0 spiro atoms. The number of ketones is 1. The molecule has 1 heterocycles. The van der Waals surface area contributed by atoms with E-state index in [0.717, 1.165) is 35.5 Å². The molecule has 0 fully saturated rings. The van der Waals surface area contributed by atoms with Gasteiger partial charge in [-0.3, -0.25) is 0 Å². The highest BCUT2D eigenvalue weighted by Gasteiger charge is 2.50. The largest absolute Gasteiger partial charge is 0.308 e. The van der Waals surface area contributed by atoms with Gasteiger partial charge in [0.05, 0.1) is 23.6 Å². The molecule has 0 bridgehead atoms. The molecule has 31 heavy (non-hydrogen) atoms. The predicted molar refractivity (Wildman–Crippen MR) is 122 cm³/mol. The lowest BCUT2D eigenvalue weighted by Gasteiger charge is -2.45. The third-order valence-electron chi connectivity index (χ3n) is 6.91. The number of carbonyl (C=O) groups is 1. The van der Waals surface area contributed by atoms with Gasteiger partial charge in [-0.2, -0.15) is 5.10 Å². The second-order valence-corrected chi connectivity index (χ2v) is 9.09. The molecule has 0 N–H and O–H groups in total. The minimum absolute atomic E-state index is 0.0400. The number of halogens is 1. The normalized spacial score (nSPS) is 24.7. The van der Waals surface area contributed by atoms with Crippen LogP contribution in [0.25, 0.3) is 21.8 Å². The smallest absolute Gasteiger partial charge is 0.226 e. The number of nitrogens with zero attached hydrogens (tertiary/aromatic N) is 3. The molecule has 0 saturated carbocycles. The molecule has 3 atom stereocenters. The Kier molecular flexibility index (Phi) is 4.60. The molecule has 2 aromatic carbocycles. The van der Waals surface area contributed by atoms with E-state index in [1.54, 1.807) is 0 Å². The van der Waals surface area contributed by atoms with Crippen LogP contribution < -0.4 is 0 Å². The number of allylic oxidation sites excluding steroid dienone is 2. The molecular weight excluding hydrogens is 406 g/mol. The fraction of sp³-hybridized carbons (Fsp3) is 0.269. The van der Waals surface area contributed by atoms with Crippen LogP contribution in [0.1, 0.15) is 31.5 Å². The zero-order chi connectivity index (χ0) is 21.8. The van der Waals surface area contributed by atoms with Gasteiger partial charge in [-0.05, 0) is 43.0 Å². The van der Waals surface area contributed by atoms with Crippen LogP contribution in [-0.2, 0) is 16.6 Å². The van der Waals surface area contributed by atoms with Crippen LogP contribution in [0.2, 0.25) is 5.02 Å². The molecule has 0 amide bonds. The lowest BCUT2D eigenvalue weighted by Crippen LogP contribution is -2.46. The van der Waals surface area contributed by atoms with E-state index >= 15 is 0 Å². The summed E-state index contributed by atoms with van der Waals surface area (Å²) in [4.78, 5) is 16.3. The van der Waals surface area contributed by atoms with Gasteiger partial charge in [0.25, 0.3) is 0 Å². The Morgan fingerprint density at radius 2 is 1.87 bits per heavy atom. The van der Waals surface area contributed by atoms with Crippen molar-refractivity contribution in [2.75, 3.05) is 0 Å². The van der Waals surface area contributed by atoms with E-state index in [9.17, 15) is 4.79 Å². The Bertz CT molecular complexity index is 1250. The van der Waals surface area contributed by atoms with Gasteiger partial charge in [0.1, 0.15) is 0 Å². The highest BCUT2D eigenvalue weighted by Crippen LogP contribution is 2.52. The van der Waals surface area contributed by atoms with E-state index in [4.69, 9.17) is 23.3 Å². The van der Waals surface area contributed by atoms with Gasteiger partial charge >= 0.3 is 0 Å². The number of hydrogen-bond donors (Lipinski definition) is 0. The minimum Gasteiger partial charge on any atom is -0.308 e. The topological polar surface area (TPSA) is 39.2 Å². The average molecular weight is 428 g/mol. The number of Topliss-reactive ketones (excluding diaryl/α,β-unsaturated/α-hetero) is 1. The van der Waals surface area contributed by atoms with Crippen molar-refractivity contribution in [3.63, 3.8) is 0 Å². The van der Waals surface area contributed by atoms with E-state index in [1.165, 1.54) is 5.56 Å². The van der Waals surface area contributed by atoms with Crippen molar-refractivity contribution in [3.05, 3.63) is 94.1 Å². The van der Waals surface area contributed by atoms with E-state index in [1.807, 2.05) is 60.1 Å². The van der Waals surface area contributed by atoms with Crippen molar-refractivity contribution in [2.45, 2.75) is 32.1 Å². The van der Waals surface area contributed by atoms with Gasteiger partial charge in [0.15, 0.2) is 5.78 Å². The fourth-order valence-electron chi connectivity index (χ4n) is 5.42. The maximum Gasteiger partial charge on any atom is 0.226 e. The second-order valence-electron chi connectivity index (χ2n) is 8.65. The molecule has 0 unspecified atom stereocenters. The minimum atomic E-state index is -0.458. The first-order chi connectivity index (χ1) is 14.9. The Morgan fingerprint density at radius 1 is 1.16 bits per heavy atom. The van der Waals surface area contributed by atoms with E-state index in [-0.39, 0.29) is 23.3 Å². The van der Waals surface area contributed by atoms with Crippen molar-refractivity contribution in [3.8, 4) is 16.9 Å². The molecule has 0 saturated heterocycles. The molecule has 1 aromatic heterocycles. The van der Waals surface area contributed by atoms with Gasteiger partial charge in [-0.15, -0.1) is 0 Å². The zero-order valence-electron chi connectivity index (χ0n) is 17.5. The summed E-state index contributed by atoms with van der Waals surface area (Å²) in [5.41, 5.74) is 5.01. The first-order valence-electron chi connectivity index (χ1n) is 10.5. The summed E-state index contributed by atoms with van der Waals surface area (Å²) in [5, 5.41) is 5.75. The molecule has 0 aliphatic heterocycles. The number of benzene rings is 2. The summed E-state index contributed by atoms with van der Waals surface area (Å²) in [6, 6.07) is 17.9. The first-order valence-corrected chi connectivity index (χ1v) is 10.9. The van der Waals surface area contributed by atoms with Crippen molar-refractivity contribution in [2.24, 2.45) is 11.8 Å². The van der Waals surface area contributed by atoms with Gasteiger partial charge in [0.2, 0.25) is 5.70 Å². The third kappa shape index (κ3) is 2.96. The molecule has 5 rings (SSSR count). The van der Waals surface area contributed by atoms with Crippen LogP contribution in [-0.4, -0.2) is 15.6 Å². The van der Waals surface area contributed by atoms with Gasteiger partial charge in [0, 0.05) is 27.5 Å². The maximum atomic E-state index is 12.8. The maximum absolute atomic E-state index is 12.8. The Morgan fingerprint density at radius 3 is 2.55 bits per heavy atom. The zero-order valence-corrected chi connectivity index (χ0v) is 18.2. The molecule has 3 aromatic rings. The summed E-state index contributed by atoms with van der Waals surface area (Å²) >= 11 is 6.14. The quantitative estimate of drug-likeness (QED) is 0.468. The monoisotopic (exact) mass is 427 g/mol. The second kappa shape index (κ2) is 7.21. The molecular formula is C26H22ClN3O. The predicted octanol–water partition coefficient (Wildman–Crippen LogP) is 6.03. The van der Waals surface area contributed by atoms with E-state index in [2.05, 4.69) is 23.9 Å². The summed E-state index contributed by atoms with van der Waals surface area (Å²) < 4.78 is 2.00. The van der Waals surface area contributed by atoms with Crippen molar-refractivity contribution in [1.82, 2.24) is 9.78 Å². The molecule has 0 radical (unpaired) electrons. The van der Waals surface area contributed by atoms with Crippen LogP contribution in [0, 0.1) is 18.4 Å². The van der Waals surface area contributed by atoms with Crippen LogP contribution >= 0.6 is 11.6 Å². The first kappa shape index (κ1) is 19.8. The lowest BCUT2D eigenvalue weighted by atomic mass is 9.58. The van der Waals surface area contributed by atoms with Crippen molar-refractivity contribution in [1.29, 1.82) is 0 Å². The Hall–Kier alpha value is -3.16. The highest BCUT2D eigenvalue weighted by molar-refractivity contribution is 6.30. The number of rotatable bonds is 2. The van der Waals surface area contributed by atoms with Gasteiger partial charge < -0.3 is 4.79 Å². The molecule has 4 nitrogen and oxygen atoms in total. The standard InChI is InChI=1S/C26H22ClN3O/c1-16-21-14-13-20-23(17-7-5-4-6-8-17)29-30(19-11-9-18(27)10-12-19)25(20)26(21,2)15-22(28-3)24(16)31/h4-12,15-16,21H,13-14H2,1-2H3/t16-,21-,26-/m1/s1. The molecule has 5 heteroatoms. The summed E-state index contributed by atoms with van der Waals surface area (Å²) in [7, 11) is 0. The number of fused-ring (bicyclic) bond motifs is 3. The van der Waals surface area contributed by atoms with E-state index in [0.29, 0.717) is 5.02 Å². The number of carbonyl (C=O) groups excluding carboxylic acids is 1. The summed E-state index contributed by atoms with van der Waals surface area (Å²) in [6.07, 6.45) is 3.64. The van der Waals surface area contributed by atoms with Crippen LogP contribution in [0.5, 0.6) is 0 Å². The third-order valence-corrected chi connectivity index (χ3v) is 7.17. The number of hydrogen-bond acceptors (Lipinski definition) is 2. The van der Waals surface area contributed by atoms with Gasteiger partial charge in [-0.1, -0.05) is 61.9 Å². The highest BCUT2D eigenvalue weighted by atomic mass is 35.5. The van der Waals surface area contributed by atoms with Crippen molar-refractivity contribution >= 4 is 17.4 Å². The van der Waals surface area contributed by atoms with Crippen LogP contribution in [0.15, 0.2) is 66.4 Å². The molecule has 2 aliphatic carbocycles. The Labute approximate surface area is 187 Å². The van der Waals surface area contributed by atoms with Gasteiger partial charge in [-0.25, -0.2) is 9.53 Å². The number of aromatic nitrogens is 2. The summed E-state index contributed by atoms with van der Waals surface area (Å²) in [5.74, 6) is -0.105. The van der Waals surface area contributed by atoms with Crippen LogP contribution in [0.3, 0.4) is 0 Å². The SMILES string of the molecule is [C-]#[N+]C1=C[C@@]2(C)c3c(c(-c4ccccc4)nn3-c3ccc(Cl)cc3)CC[C@@H]2[C@@H](C)C1=O.